The molecule has 0 fully saturated rings. The van der Waals surface area contributed by atoms with E-state index in [1.165, 1.54) is 5.00 Å². The summed E-state index contributed by atoms with van der Waals surface area (Å²) in [7, 11) is 1.73. The standard InChI is InChI=1S/C9H16N2OS/c1-4-11(5-6-12-3)9-7-10-8(2)13-9/h7H,4-6H2,1-3H3. The zero-order chi connectivity index (χ0) is 9.68. The highest BCUT2D eigenvalue weighted by Crippen LogP contribution is 2.22. The van der Waals surface area contributed by atoms with E-state index in [2.05, 4.69) is 16.8 Å². The van der Waals surface area contributed by atoms with E-state index in [0.717, 1.165) is 24.7 Å². The molecule has 0 amide bonds. The number of methoxy groups -OCH3 is 1. The maximum atomic E-state index is 5.04. The number of anilines is 1. The molecule has 1 heterocycles. The Morgan fingerprint density at radius 2 is 2.38 bits per heavy atom. The van der Waals surface area contributed by atoms with Crippen LogP contribution < -0.4 is 4.90 Å². The second-order valence-electron chi connectivity index (χ2n) is 2.79. The molecule has 0 atom stereocenters. The topological polar surface area (TPSA) is 25.4 Å². The Kier molecular flexibility index (Phi) is 4.18. The minimum absolute atomic E-state index is 0.769. The normalized spacial score (nSPS) is 10.4. The van der Waals surface area contributed by atoms with Crippen molar-refractivity contribution in [1.82, 2.24) is 4.98 Å². The molecule has 0 radical (unpaired) electrons. The lowest BCUT2D eigenvalue weighted by Gasteiger charge is -2.19. The Bertz CT molecular complexity index is 250. The molecular weight excluding hydrogens is 184 g/mol. The van der Waals surface area contributed by atoms with E-state index >= 15 is 0 Å². The van der Waals surface area contributed by atoms with Gasteiger partial charge in [0, 0.05) is 20.2 Å². The molecule has 0 unspecified atom stereocenters. The summed E-state index contributed by atoms with van der Waals surface area (Å²) in [5, 5.41) is 2.35. The van der Waals surface area contributed by atoms with Gasteiger partial charge in [0.1, 0.15) is 5.00 Å². The molecule has 0 saturated carbocycles. The summed E-state index contributed by atoms with van der Waals surface area (Å²) in [6.45, 7) is 6.88. The Labute approximate surface area is 83.4 Å². The van der Waals surface area contributed by atoms with Gasteiger partial charge in [0.15, 0.2) is 0 Å². The lowest BCUT2D eigenvalue weighted by atomic mass is 10.5. The molecule has 13 heavy (non-hydrogen) atoms. The molecule has 0 aliphatic heterocycles. The molecule has 3 nitrogen and oxygen atoms in total. The van der Waals surface area contributed by atoms with Crippen LogP contribution in [0.5, 0.6) is 0 Å². The average Bonchev–Trinajstić information content (AvgIpc) is 2.54. The van der Waals surface area contributed by atoms with Crippen molar-refractivity contribution >= 4 is 16.3 Å². The van der Waals surface area contributed by atoms with E-state index in [1.807, 2.05) is 13.1 Å². The summed E-state index contributed by atoms with van der Waals surface area (Å²) in [6, 6.07) is 0. The van der Waals surface area contributed by atoms with Crippen molar-refractivity contribution in [3.63, 3.8) is 0 Å². The van der Waals surface area contributed by atoms with E-state index in [-0.39, 0.29) is 0 Å². The van der Waals surface area contributed by atoms with Gasteiger partial charge in [-0.15, -0.1) is 11.3 Å². The van der Waals surface area contributed by atoms with Gasteiger partial charge in [-0.3, -0.25) is 0 Å². The summed E-state index contributed by atoms with van der Waals surface area (Å²) in [5.74, 6) is 0. The first-order valence-electron chi connectivity index (χ1n) is 4.44. The number of hydrogen-bond donors (Lipinski definition) is 0. The highest BCUT2D eigenvalue weighted by Gasteiger charge is 2.06. The van der Waals surface area contributed by atoms with Crippen LogP contribution in [-0.2, 0) is 4.74 Å². The summed E-state index contributed by atoms with van der Waals surface area (Å²) < 4.78 is 5.04. The molecule has 0 aliphatic rings. The van der Waals surface area contributed by atoms with Crippen molar-refractivity contribution in [2.75, 3.05) is 31.7 Å². The third-order valence-corrected chi connectivity index (χ3v) is 2.84. The van der Waals surface area contributed by atoms with Crippen molar-refractivity contribution in [3.05, 3.63) is 11.2 Å². The molecule has 1 rings (SSSR count). The summed E-state index contributed by atoms with van der Waals surface area (Å²) >= 11 is 1.73. The number of rotatable bonds is 5. The average molecular weight is 200 g/mol. The van der Waals surface area contributed by atoms with Crippen LogP contribution in [0, 0.1) is 6.92 Å². The zero-order valence-corrected chi connectivity index (χ0v) is 9.23. The molecule has 0 saturated heterocycles. The van der Waals surface area contributed by atoms with Gasteiger partial charge in [-0.05, 0) is 13.8 Å². The molecule has 0 aromatic carbocycles. The number of likely N-dealkylation sites (N-methyl/N-ethyl adjacent to an activating group) is 1. The second-order valence-corrected chi connectivity index (χ2v) is 4.00. The number of aromatic nitrogens is 1. The lowest BCUT2D eigenvalue weighted by molar-refractivity contribution is 0.205. The third-order valence-electron chi connectivity index (χ3n) is 1.87. The molecule has 1 aromatic heterocycles. The zero-order valence-electron chi connectivity index (χ0n) is 8.41. The van der Waals surface area contributed by atoms with Crippen molar-refractivity contribution in [2.45, 2.75) is 13.8 Å². The van der Waals surface area contributed by atoms with Gasteiger partial charge in [0.2, 0.25) is 0 Å². The van der Waals surface area contributed by atoms with Crippen LogP contribution in [0.25, 0.3) is 0 Å². The largest absolute Gasteiger partial charge is 0.383 e. The summed E-state index contributed by atoms with van der Waals surface area (Å²) in [4.78, 5) is 6.50. The van der Waals surface area contributed by atoms with Crippen LogP contribution in [-0.4, -0.2) is 31.8 Å². The maximum absolute atomic E-state index is 5.04. The molecule has 0 spiro atoms. The highest BCUT2D eigenvalue weighted by molar-refractivity contribution is 7.15. The van der Waals surface area contributed by atoms with Crippen molar-refractivity contribution in [1.29, 1.82) is 0 Å². The van der Waals surface area contributed by atoms with Crippen LogP contribution >= 0.6 is 11.3 Å². The number of ether oxygens (including phenoxy) is 1. The molecule has 0 aliphatic carbocycles. The summed E-state index contributed by atoms with van der Waals surface area (Å²) in [6.07, 6.45) is 1.93. The van der Waals surface area contributed by atoms with Crippen LogP contribution in [0.2, 0.25) is 0 Å². The fourth-order valence-electron chi connectivity index (χ4n) is 1.12. The molecule has 74 valence electrons. The molecule has 1 aromatic rings. The first kappa shape index (κ1) is 10.5. The van der Waals surface area contributed by atoms with E-state index in [0.29, 0.717) is 0 Å². The monoisotopic (exact) mass is 200 g/mol. The van der Waals surface area contributed by atoms with Crippen molar-refractivity contribution < 1.29 is 4.74 Å². The Morgan fingerprint density at radius 1 is 1.62 bits per heavy atom. The predicted octanol–water partition coefficient (Wildman–Crippen LogP) is 1.92. The van der Waals surface area contributed by atoms with Gasteiger partial charge in [-0.2, -0.15) is 0 Å². The lowest BCUT2D eigenvalue weighted by Crippen LogP contribution is -2.25. The van der Waals surface area contributed by atoms with E-state index in [1.54, 1.807) is 18.4 Å². The summed E-state index contributed by atoms with van der Waals surface area (Å²) in [5.41, 5.74) is 0. The Morgan fingerprint density at radius 3 is 2.85 bits per heavy atom. The van der Waals surface area contributed by atoms with E-state index < -0.39 is 0 Å². The van der Waals surface area contributed by atoms with Crippen molar-refractivity contribution in [2.24, 2.45) is 0 Å². The Balaban J connectivity index is 2.56. The van der Waals surface area contributed by atoms with E-state index in [4.69, 9.17) is 4.74 Å². The van der Waals surface area contributed by atoms with Gasteiger partial charge in [0.25, 0.3) is 0 Å². The van der Waals surface area contributed by atoms with Crippen LogP contribution in [0.15, 0.2) is 6.20 Å². The number of hydrogen-bond acceptors (Lipinski definition) is 4. The smallest absolute Gasteiger partial charge is 0.111 e. The third kappa shape index (κ3) is 2.97. The highest BCUT2D eigenvalue weighted by atomic mass is 32.1. The maximum Gasteiger partial charge on any atom is 0.111 e. The predicted molar refractivity (Wildman–Crippen MR) is 56.6 cm³/mol. The van der Waals surface area contributed by atoms with Crippen LogP contribution in [0.3, 0.4) is 0 Å². The first-order valence-corrected chi connectivity index (χ1v) is 5.26. The van der Waals surface area contributed by atoms with Gasteiger partial charge < -0.3 is 9.64 Å². The van der Waals surface area contributed by atoms with Crippen molar-refractivity contribution in [3.8, 4) is 0 Å². The molecule has 4 heteroatoms. The first-order chi connectivity index (χ1) is 6.27. The fourth-order valence-corrected chi connectivity index (χ4v) is 1.98. The number of nitrogens with zero attached hydrogens (tertiary/aromatic N) is 2. The van der Waals surface area contributed by atoms with Gasteiger partial charge in [-0.25, -0.2) is 4.98 Å². The molecular formula is C9H16N2OS. The Hall–Kier alpha value is -0.610. The van der Waals surface area contributed by atoms with Gasteiger partial charge in [0.05, 0.1) is 17.8 Å². The molecule has 0 bridgehead atoms. The van der Waals surface area contributed by atoms with Gasteiger partial charge in [-0.1, -0.05) is 0 Å². The van der Waals surface area contributed by atoms with E-state index in [9.17, 15) is 0 Å². The quantitative estimate of drug-likeness (QED) is 0.726. The second kappa shape index (κ2) is 5.19. The number of thiazole rings is 1. The minimum Gasteiger partial charge on any atom is -0.383 e. The minimum atomic E-state index is 0.769. The fraction of sp³-hybridized carbons (Fsp3) is 0.667. The van der Waals surface area contributed by atoms with Crippen LogP contribution in [0.1, 0.15) is 11.9 Å². The van der Waals surface area contributed by atoms with Gasteiger partial charge >= 0.3 is 0 Å². The molecule has 0 N–H and O–H groups in total. The SMILES string of the molecule is CCN(CCOC)c1cnc(C)s1. The number of aryl methyl sites for hydroxylation is 1. The van der Waals surface area contributed by atoms with Crippen LogP contribution in [0.4, 0.5) is 5.00 Å².